The van der Waals surface area contributed by atoms with Crippen molar-refractivity contribution >= 4 is 34.5 Å². The minimum Gasteiger partial charge on any atom is -0.346 e. The minimum absolute atomic E-state index is 0.435. The molecule has 136 valence electrons. The molecule has 4 rings (SSSR count). The molecule has 0 atom stereocenters. The molecule has 0 radical (unpaired) electrons. The maximum Gasteiger partial charge on any atom is 0.152 e. The lowest BCUT2D eigenvalue weighted by atomic mass is 10.0. The van der Waals surface area contributed by atoms with Gasteiger partial charge in [0.1, 0.15) is 11.2 Å². The van der Waals surface area contributed by atoms with Gasteiger partial charge >= 0.3 is 0 Å². The molecule has 0 amide bonds. The van der Waals surface area contributed by atoms with Gasteiger partial charge in [-0.15, -0.1) is 0 Å². The minimum atomic E-state index is 0.435. The van der Waals surface area contributed by atoms with E-state index in [0.717, 1.165) is 61.3 Å². The quantitative estimate of drug-likeness (QED) is 0.718. The molecule has 0 saturated carbocycles. The first kappa shape index (κ1) is 16.9. The first-order valence-electron chi connectivity index (χ1n) is 9.21. The molecular formula is C19H25N7. The van der Waals surface area contributed by atoms with Crippen LogP contribution in [0.1, 0.15) is 31.1 Å². The van der Waals surface area contributed by atoms with Gasteiger partial charge in [0.15, 0.2) is 5.82 Å². The molecule has 0 aromatic carbocycles. The first-order chi connectivity index (χ1) is 12.8. The van der Waals surface area contributed by atoms with Gasteiger partial charge in [-0.2, -0.15) is 0 Å². The number of nitrogens with zero attached hydrogens (tertiary/aromatic N) is 6. The number of pyridine rings is 1. The van der Waals surface area contributed by atoms with E-state index in [2.05, 4.69) is 35.5 Å². The lowest BCUT2D eigenvalue weighted by Crippen LogP contribution is -2.35. The average Bonchev–Trinajstić information content (AvgIpc) is 3.26. The Morgan fingerprint density at radius 1 is 1.27 bits per heavy atom. The van der Waals surface area contributed by atoms with E-state index in [-0.39, 0.29) is 0 Å². The predicted octanol–water partition coefficient (Wildman–Crippen LogP) is 2.69. The molecule has 3 aromatic rings. The van der Waals surface area contributed by atoms with E-state index < -0.39 is 0 Å². The van der Waals surface area contributed by atoms with Crippen molar-refractivity contribution in [3.8, 4) is 0 Å². The number of imidazole rings is 1. The van der Waals surface area contributed by atoms with Gasteiger partial charge in [0.25, 0.3) is 0 Å². The second-order valence-corrected chi connectivity index (χ2v) is 6.76. The van der Waals surface area contributed by atoms with Gasteiger partial charge in [0.05, 0.1) is 17.9 Å². The van der Waals surface area contributed by atoms with E-state index in [4.69, 9.17) is 4.98 Å². The number of hydrogen-bond donors (Lipinski definition) is 1. The Hall–Kier alpha value is -2.54. The number of hydrogen-bond acceptors (Lipinski definition) is 5. The third-order valence-corrected chi connectivity index (χ3v) is 5.19. The molecular weight excluding hydrogens is 326 g/mol. The third kappa shape index (κ3) is 3.03. The van der Waals surface area contributed by atoms with Gasteiger partial charge in [-0.1, -0.05) is 0 Å². The number of aromatic nitrogens is 4. The zero-order valence-corrected chi connectivity index (χ0v) is 15.4. The van der Waals surface area contributed by atoms with Crippen molar-refractivity contribution in [1.29, 1.82) is 0 Å². The Morgan fingerprint density at radius 2 is 2.12 bits per heavy atom. The summed E-state index contributed by atoms with van der Waals surface area (Å²) in [5.74, 6) is 0.926. The molecule has 7 nitrogen and oxygen atoms in total. The molecule has 3 aromatic heterocycles. The van der Waals surface area contributed by atoms with Crippen LogP contribution in [0.2, 0.25) is 0 Å². The Bertz CT molecular complexity index is 942. The van der Waals surface area contributed by atoms with Crippen LogP contribution in [0.25, 0.3) is 22.1 Å². The predicted molar refractivity (Wildman–Crippen MR) is 107 cm³/mol. The van der Waals surface area contributed by atoms with Crippen LogP contribution in [0.3, 0.4) is 0 Å². The highest BCUT2D eigenvalue weighted by molar-refractivity contribution is 6.02. The fraction of sp³-hybridized carbons (Fsp3) is 0.474. The Morgan fingerprint density at radius 3 is 2.88 bits per heavy atom. The van der Waals surface area contributed by atoms with Crippen LogP contribution in [-0.2, 0) is 0 Å². The van der Waals surface area contributed by atoms with Crippen LogP contribution in [0.15, 0.2) is 28.4 Å². The van der Waals surface area contributed by atoms with Gasteiger partial charge in [-0.05, 0) is 31.5 Å². The number of aliphatic imine (C=N–C) groups is 2. The smallest absolute Gasteiger partial charge is 0.152 e. The van der Waals surface area contributed by atoms with Gasteiger partial charge < -0.3 is 19.4 Å². The molecule has 0 unspecified atom stereocenters. The highest BCUT2D eigenvalue weighted by atomic mass is 15.2. The number of piperidine rings is 1. The highest BCUT2D eigenvalue weighted by Gasteiger charge is 2.25. The van der Waals surface area contributed by atoms with Crippen molar-refractivity contribution in [3.63, 3.8) is 0 Å². The van der Waals surface area contributed by atoms with E-state index in [1.165, 1.54) is 5.52 Å². The van der Waals surface area contributed by atoms with Crippen LogP contribution in [0.4, 0.5) is 0 Å². The largest absolute Gasteiger partial charge is 0.346 e. The summed E-state index contributed by atoms with van der Waals surface area (Å²) in [7, 11) is 3.63. The van der Waals surface area contributed by atoms with Crippen LogP contribution in [0, 0.1) is 0 Å². The number of fused-ring (bicyclic) bond motifs is 3. The van der Waals surface area contributed by atoms with Crippen molar-refractivity contribution in [3.05, 3.63) is 24.3 Å². The normalized spacial score (nSPS) is 17.5. The summed E-state index contributed by atoms with van der Waals surface area (Å²) < 4.78 is 2.38. The lowest BCUT2D eigenvalue weighted by molar-refractivity contribution is 0.193. The van der Waals surface area contributed by atoms with Crippen molar-refractivity contribution in [1.82, 2.24) is 24.4 Å². The summed E-state index contributed by atoms with van der Waals surface area (Å²) in [6, 6.07) is 2.53. The molecule has 4 heterocycles. The number of rotatable bonds is 5. The van der Waals surface area contributed by atoms with Crippen molar-refractivity contribution < 1.29 is 0 Å². The Labute approximate surface area is 152 Å². The fourth-order valence-corrected chi connectivity index (χ4v) is 3.96. The van der Waals surface area contributed by atoms with Crippen molar-refractivity contribution in [2.45, 2.75) is 25.3 Å². The van der Waals surface area contributed by atoms with E-state index in [0.29, 0.717) is 6.04 Å². The maximum absolute atomic E-state index is 4.79. The summed E-state index contributed by atoms with van der Waals surface area (Å²) in [5.41, 5.74) is 3.02. The second kappa shape index (κ2) is 7.37. The van der Waals surface area contributed by atoms with Gasteiger partial charge in [0.2, 0.25) is 0 Å². The monoisotopic (exact) mass is 351 g/mol. The maximum atomic E-state index is 4.79. The van der Waals surface area contributed by atoms with E-state index in [1.807, 2.05) is 31.9 Å². The summed E-state index contributed by atoms with van der Waals surface area (Å²) in [6.45, 7) is 3.29. The van der Waals surface area contributed by atoms with Gasteiger partial charge in [-0.3, -0.25) is 4.99 Å². The summed E-state index contributed by atoms with van der Waals surface area (Å²) >= 11 is 0. The first-order valence-corrected chi connectivity index (χ1v) is 9.21. The molecule has 1 saturated heterocycles. The average molecular weight is 351 g/mol. The summed E-state index contributed by atoms with van der Waals surface area (Å²) in [4.78, 5) is 23.3. The standard InChI is InChI=1S/C19H25N7/c1-20-7-3-9-25-10-5-14(6-11-25)26-17(13-21-2)24-16-12-23-19-15(18(16)26)4-8-22-19/h4,7-8,12-14H,3,5-6,9-11H2,1-2H3,(H,22,23). The Balaban J connectivity index is 1.67. The number of H-pyrrole nitrogens is 1. The zero-order valence-electron chi connectivity index (χ0n) is 15.4. The zero-order chi connectivity index (χ0) is 17.9. The second-order valence-electron chi connectivity index (χ2n) is 6.76. The molecule has 7 heteroatoms. The Kier molecular flexibility index (Phi) is 4.79. The van der Waals surface area contributed by atoms with Crippen molar-refractivity contribution in [2.75, 3.05) is 33.7 Å². The highest BCUT2D eigenvalue weighted by Crippen LogP contribution is 2.31. The van der Waals surface area contributed by atoms with E-state index in [1.54, 1.807) is 7.05 Å². The van der Waals surface area contributed by atoms with Crippen molar-refractivity contribution in [2.24, 2.45) is 9.98 Å². The summed E-state index contributed by atoms with van der Waals surface area (Å²) in [6.07, 6.45) is 10.9. The molecule has 1 fully saturated rings. The summed E-state index contributed by atoms with van der Waals surface area (Å²) in [5, 5.41) is 1.13. The van der Waals surface area contributed by atoms with Gasteiger partial charge in [0, 0.05) is 51.4 Å². The molecule has 1 N–H and O–H groups in total. The molecule has 0 bridgehead atoms. The van der Waals surface area contributed by atoms with E-state index in [9.17, 15) is 0 Å². The fourth-order valence-electron chi connectivity index (χ4n) is 3.96. The molecule has 26 heavy (non-hydrogen) atoms. The number of nitrogens with one attached hydrogen (secondary N) is 1. The lowest BCUT2D eigenvalue weighted by Gasteiger charge is -2.33. The third-order valence-electron chi connectivity index (χ3n) is 5.19. The van der Waals surface area contributed by atoms with Crippen LogP contribution in [0.5, 0.6) is 0 Å². The van der Waals surface area contributed by atoms with Crippen LogP contribution < -0.4 is 0 Å². The molecule has 1 aliphatic heterocycles. The molecule has 0 spiro atoms. The SMILES string of the molecule is CN=CCCN1CCC(n2c(C=NC)nc3cnc4[nH]ccc4c32)CC1. The van der Waals surface area contributed by atoms with Crippen LogP contribution >= 0.6 is 0 Å². The number of likely N-dealkylation sites (tertiary alicyclic amines) is 1. The molecule has 0 aliphatic carbocycles. The number of aromatic amines is 1. The topological polar surface area (TPSA) is 74.5 Å². The van der Waals surface area contributed by atoms with Crippen LogP contribution in [-0.4, -0.2) is 70.6 Å². The molecule has 1 aliphatic rings. The van der Waals surface area contributed by atoms with Gasteiger partial charge in [-0.25, -0.2) is 9.97 Å². The van der Waals surface area contributed by atoms with E-state index >= 15 is 0 Å².